The standard InChI is InChI=1S/C17H25N3/c1-3-5-20-11-14(6-15(18)4-2)16-7-12-9-19-10-13(12)8-17(16)20/h7-8,11,15,19H,3-6,9-10,18H2,1-2H3. The van der Waals surface area contributed by atoms with E-state index in [-0.39, 0.29) is 6.04 Å². The van der Waals surface area contributed by atoms with Gasteiger partial charge in [0.1, 0.15) is 0 Å². The molecule has 1 atom stereocenters. The highest BCUT2D eigenvalue weighted by atomic mass is 15.0. The highest BCUT2D eigenvalue weighted by Crippen LogP contribution is 2.29. The maximum absolute atomic E-state index is 6.17. The Hall–Kier alpha value is -1.32. The molecule has 1 aliphatic rings. The molecule has 1 aromatic carbocycles. The van der Waals surface area contributed by atoms with Crippen LogP contribution in [-0.4, -0.2) is 10.6 Å². The number of nitrogens with two attached hydrogens (primary N) is 1. The van der Waals surface area contributed by atoms with E-state index in [1.807, 2.05) is 0 Å². The van der Waals surface area contributed by atoms with Gasteiger partial charge in [0.15, 0.2) is 0 Å². The second kappa shape index (κ2) is 5.58. The molecule has 3 N–H and O–H groups in total. The number of nitrogens with one attached hydrogen (secondary N) is 1. The molecule has 0 bridgehead atoms. The van der Waals surface area contributed by atoms with Gasteiger partial charge in [-0.2, -0.15) is 0 Å². The van der Waals surface area contributed by atoms with Gasteiger partial charge < -0.3 is 15.6 Å². The fourth-order valence-electron chi connectivity index (χ4n) is 3.17. The van der Waals surface area contributed by atoms with Crippen molar-refractivity contribution in [3.8, 4) is 0 Å². The lowest BCUT2D eigenvalue weighted by atomic mass is 10.0. The smallest absolute Gasteiger partial charge is 0.0486 e. The summed E-state index contributed by atoms with van der Waals surface area (Å²) in [5.74, 6) is 0. The molecule has 20 heavy (non-hydrogen) atoms. The molecule has 1 aliphatic heterocycles. The van der Waals surface area contributed by atoms with Gasteiger partial charge in [-0.15, -0.1) is 0 Å². The zero-order valence-corrected chi connectivity index (χ0v) is 12.6. The number of aromatic nitrogens is 1. The molecule has 3 rings (SSSR count). The van der Waals surface area contributed by atoms with Gasteiger partial charge in [-0.3, -0.25) is 0 Å². The molecular formula is C17H25N3. The molecule has 0 spiro atoms. The average Bonchev–Trinajstić information content (AvgIpc) is 3.02. The molecule has 3 nitrogen and oxygen atoms in total. The van der Waals surface area contributed by atoms with Gasteiger partial charge in [0.2, 0.25) is 0 Å². The van der Waals surface area contributed by atoms with Crippen molar-refractivity contribution in [2.75, 3.05) is 0 Å². The fraction of sp³-hybridized carbons (Fsp3) is 0.529. The molecule has 108 valence electrons. The summed E-state index contributed by atoms with van der Waals surface area (Å²) in [5, 5.41) is 4.85. The molecule has 2 heterocycles. The van der Waals surface area contributed by atoms with Crippen LogP contribution in [0.4, 0.5) is 0 Å². The maximum Gasteiger partial charge on any atom is 0.0486 e. The van der Waals surface area contributed by atoms with E-state index < -0.39 is 0 Å². The largest absolute Gasteiger partial charge is 0.347 e. The first kappa shape index (κ1) is 13.7. The van der Waals surface area contributed by atoms with Crippen LogP contribution in [0.5, 0.6) is 0 Å². The molecule has 1 aromatic heterocycles. The van der Waals surface area contributed by atoms with Gasteiger partial charge in [-0.1, -0.05) is 13.8 Å². The van der Waals surface area contributed by atoms with E-state index in [9.17, 15) is 0 Å². The third kappa shape index (κ3) is 2.36. The normalized spacial score (nSPS) is 15.8. The predicted octanol–water partition coefficient (Wildman–Crippen LogP) is 2.93. The van der Waals surface area contributed by atoms with Crippen molar-refractivity contribution < 1.29 is 0 Å². The quantitative estimate of drug-likeness (QED) is 0.878. The Morgan fingerprint density at radius 2 is 2.00 bits per heavy atom. The highest BCUT2D eigenvalue weighted by molar-refractivity contribution is 5.86. The van der Waals surface area contributed by atoms with Crippen LogP contribution >= 0.6 is 0 Å². The lowest BCUT2D eigenvalue weighted by molar-refractivity contribution is 0.643. The van der Waals surface area contributed by atoms with E-state index in [1.165, 1.54) is 34.0 Å². The minimum Gasteiger partial charge on any atom is -0.347 e. The summed E-state index contributed by atoms with van der Waals surface area (Å²) in [7, 11) is 0. The first-order valence-corrected chi connectivity index (χ1v) is 7.82. The van der Waals surface area contributed by atoms with Crippen molar-refractivity contribution >= 4 is 10.9 Å². The lowest BCUT2D eigenvalue weighted by Crippen LogP contribution is -2.21. The fourth-order valence-corrected chi connectivity index (χ4v) is 3.17. The molecule has 2 aromatic rings. The van der Waals surface area contributed by atoms with Gasteiger partial charge in [0.25, 0.3) is 0 Å². The molecular weight excluding hydrogens is 246 g/mol. The third-order valence-electron chi connectivity index (χ3n) is 4.39. The van der Waals surface area contributed by atoms with Crippen molar-refractivity contribution in [2.24, 2.45) is 5.73 Å². The third-order valence-corrected chi connectivity index (χ3v) is 4.39. The van der Waals surface area contributed by atoms with E-state index in [2.05, 4.69) is 42.1 Å². The van der Waals surface area contributed by atoms with Crippen LogP contribution in [0.25, 0.3) is 10.9 Å². The SMILES string of the molecule is CCCn1cc(CC(N)CC)c2cc3c(cc21)CNC3. The van der Waals surface area contributed by atoms with Crippen molar-refractivity contribution in [1.82, 2.24) is 9.88 Å². The summed E-state index contributed by atoms with van der Waals surface area (Å²) < 4.78 is 2.41. The Bertz CT molecular complexity index is 612. The van der Waals surface area contributed by atoms with Gasteiger partial charge in [0.05, 0.1) is 0 Å². The van der Waals surface area contributed by atoms with E-state index in [4.69, 9.17) is 5.73 Å². The first-order chi connectivity index (χ1) is 9.72. The van der Waals surface area contributed by atoms with E-state index in [1.54, 1.807) is 0 Å². The van der Waals surface area contributed by atoms with Crippen LogP contribution in [0.2, 0.25) is 0 Å². The molecule has 0 aliphatic carbocycles. The number of hydrogen-bond donors (Lipinski definition) is 2. The summed E-state index contributed by atoms with van der Waals surface area (Å²) in [6.07, 6.45) is 5.51. The van der Waals surface area contributed by atoms with Gasteiger partial charge >= 0.3 is 0 Å². The van der Waals surface area contributed by atoms with E-state index in [0.717, 1.165) is 32.5 Å². The maximum atomic E-state index is 6.17. The summed E-state index contributed by atoms with van der Waals surface area (Å²) in [6, 6.07) is 5.03. The van der Waals surface area contributed by atoms with Crippen molar-refractivity contribution in [3.63, 3.8) is 0 Å². The lowest BCUT2D eigenvalue weighted by Gasteiger charge is -2.07. The molecule has 3 heteroatoms. The van der Waals surface area contributed by atoms with Gasteiger partial charge in [-0.25, -0.2) is 0 Å². The number of rotatable bonds is 5. The summed E-state index contributed by atoms with van der Waals surface area (Å²) in [4.78, 5) is 0. The predicted molar refractivity (Wildman–Crippen MR) is 84.7 cm³/mol. The molecule has 0 saturated carbocycles. The Morgan fingerprint density at radius 1 is 1.25 bits per heavy atom. The van der Waals surface area contributed by atoms with Crippen molar-refractivity contribution in [2.45, 2.75) is 58.8 Å². The zero-order chi connectivity index (χ0) is 14.1. The number of fused-ring (bicyclic) bond motifs is 2. The van der Waals surface area contributed by atoms with Gasteiger partial charge in [-0.05, 0) is 48.1 Å². The van der Waals surface area contributed by atoms with Crippen LogP contribution in [0.1, 0.15) is 43.4 Å². The van der Waals surface area contributed by atoms with E-state index in [0.29, 0.717) is 0 Å². The second-order valence-electron chi connectivity index (χ2n) is 5.96. The summed E-state index contributed by atoms with van der Waals surface area (Å²) >= 11 is 0. The average molecular weight is 271 g/mol. The number of aryl methyl sites for hydroxylation is 1. The molecule has 0 radical (unpaired) electrons. The van der Waals surface area contributed by atoms with Crippen LogP contribution in [0, 0.1) is 0 Å². The number of hydrogen-bond acceptors (Lipinski definition) is 2. The Kier molecular flexibility index (Phi) is 3.81. The minimum atomic E-state index is 0.266. The van der Waals surface area contributed by atoms with Crippen LogP contribution < -0.4 is 11.1 Å². The monoisotopic (exact) mass is 271 g/mol. The van der Waals surface area contributed by atoms with Gasteiger partial charge in [0, 0.05) is 42.8 Å². The summed E-state index contributed by atoms with van der Waals surface area (Å²) in [5.41, 5.74) is 11.9. The van der Waals surface area contributed by atoms with Crippen LogP contribution in [0.15, 0.2) is 18.3 Å². The molecule has 0 saturated heterocycles. The Balaban J connectivity index is 2.09. The number of benzene rings is 1. The topological polar surface area (TPSA) is 43.0 Å². The van der Waals surface area contributed by atoms with Crippen molar-refractivity contribution in [1.29, 1.82) is 0 Å². The van der Waals surface area contributed by atoms with Crippen LogP contribution in [0.3, 0.4) is 0 Å². The highest BCUT2D eigenvalue weighted by Gasteiger charge is 2.16. The van der Waals surface area contributed by atoms with Crippen molar-refractivity contribution in [3.05, 3.63) is 35.0 Å². The Labute approximate surface area is 121 Å². The zero-order valence-electron chi connectivity index (χ0n) is 12.6. The molecule has 1 unspecified atom stereocenters. The molecule has 0 fully saturated rings. The second-order valence-corrected chi connectivity index (χ2v) is 5.96. The molecule has 0 amide bonds. The Morgan fingerprint density at radius 3 is 2.70 bits per heavy atom. The minimum absolute atomic E-state index is 0.266. The first-order valence-electron chi connectivity index (χ1n) is 7.82. The number of nitrogens with zero attached hydrogens (tertiary/aromatic N) is 1. The van der Waals surface area contributed by atoms with E-state index >= 15 is 0 Å². The van der Waals surface area contributed by atoms with Crippen LogP contribution in [-0.2, 0) is 26.1 Å². The summed E-state index contributed by atoms with van der Waals surface area (Å²) in [6.45, 7) is 7.50.